The maximum Gasteiger partial charge on any atom is 0.416 e. The third-order valence-electron chi connectivity index (χ3n) is 3.09. The molecule has 0 radical (unpaired) electrons. The van der Waals surface area contributed by atoms with Crippen molar-refractivity contribution in [2.45, 2.75) is 25.2 Å². The predicted octanol–water partition coefficient (Wildman–Crippen LogP) is 3.21. The van der Waals surface area contributed by atoms with E-state index in [4.69, 9.17) is 4.74 Å². The molecule has 0 unspecified atom stereocenters. The molecular formula is C13H15BrClF3N2O2. The van der Waals surface area contributed by atoms with Crippen LogP contribution < -0.4 is 10.6 Å². The molecule has 1 aliphatic heterocycles. The predicted molar refractivity (Wildman–Crippen MR) is 82.2 cm³/mol. The quantitative estimate of drug-likeness (QED) is 0.797. The van der Waals surface area contributed by atoms with Gasteiger partial charge in [-0.15, -0.1) is 12.4 Å². The highest BCUT2D eigenvalue weighted by Gasteiger charge is 2.32. The van der Waals surface area contributed by atoms with Gasteiger partial charge in [0.15, 0.2) is 0 Å². The summed E-state index contributed by atoms with van der Waals surface area (Å²) in [4.78, 5) is 12.1. The van der Waals surface area contributed by atoms with Gasteiger partial charge in [-0.2, -0.15) is 13.2 Å². The summed E-state index contributed by atoms with van der Waals surface area (Å²) in [5.41, 5.74) is -0.741. The first-order chi connectivity index (χ1) is 9.77. The van der Waals surface area contributed by atoms with Gasteiger partial charge in [-0.25, -0.2) is 0 Å². The second-order valence-electron chi connectivity index (χ2n) is 4.72. The number of morpholine rings is 1. The molecule has 1 aromatic rings. The third kappa shape index (κ3) is 4.84. The number of carbonyl (C=O) groups excluding carboxylic acids is 1. The second kappa shape index (κ2) is 7.63. The molecule has 1 aliphatic rings. The van der Waals surface area contributed by atoms with Crippen LogP contribution in [0.3, 0.4) is 0 Å². The summed E-state index contributed by atoms with van der Waals surface area (Å²) < 4.78 is 43.8. The molecule has 124 valence electrons. The van der Waals surface area contributed by atoms with Gasteiger partial charge in [-0.3, -0.25) is 4.79 Å². The van der Waals surface area contributed by atoms with Crippen molar-refractivity contribution in [1.82, 2.24) is 5.32 Å². The lowest BCUT2D eigenvalue weighted by Gasteiger charge is -2.29. The van der Waals surface area contributed by atoms with E-state index in [1.165, 1.54) is 6.07 Å². The van der Waals surface area contributed by atoms with Crippen molar-refractivity contribution in [2.75, 3.05) is 18.5 Å². The Labute approximate surface area is 140 Å². The molecule has 1 amide bonds. The summed E-state index contributed by atoms with van der Waals surface area (Å²) in [7, 11) is 0. The molecule has 1 aromatic carbocycles. The fourth-order valence-corrected chi connectivity index (χ4v) is 2.57. The summed E-state index contributed by atoms with van der Waals surface area (Å²) in [5.74, 6) is -0.423. The van der Waals surface area contributed by atoms with E-state index in [2.05, 4.69) is 26.6 Å². The van der Waals surface area contributed by atoms with Crippen molar-refractivity contribution in [3.8, 4) is 0 Å². The average Bonchev–Trinajstić information content (AvgIpc) is 2.37. The van der Waals surface area contributed by atoms with Crippen LogP contribution in [0.1, 0.15) is 12.5 Å². The van der Waals surface area contributed by atoms with Crippen LogP contribution in [0.4, 0.5) is 18.9 Å². The van der Waals surface area contributed by atoms with E-state index >= 15 is 0 Å². The highest BCUT2D eigenvalue weighted by molar-refractivity contribution is 9.10. The fourth-order valence-electron chi connectivity index (χ4n) is 2.07. The van der Waals surface area contributed by atoms with Crippen LogP contribution in [0.5, 0.6) is 0 Å². The number of amides is 1. The van der Waals surface area contributed by atoms with Crippen molar-refractivity contribution in [1.29, 1.82) is 0 Å². The Morgan fingerprint density at radius 1 is 1.41 bits per heavy atom. The molecule has 2 rings (SSSR count). The molecule has 0 bridgehead atoms. The van der Waals surface area contributed by atoms with E-state index in [1.807, 2.05) is 0 Å². The number of rotatable bonds is 2. The van der Waals surface area contributed by atoms with Gasteiger partial charge < -0.3 is 15.4 Å². The Morgan fingerprint density at radius 3 is 2.68 bits per heavy atom. The maximum atomic E-state index is 12.7. The molecule has 9 heteroatoms. The average molecular weight is 404 g/mol. The lowest BCUT2D eigenvalue weighted by atomic mass is 10.1. The van der Waals surface area contributed by atoms with Gasteiger partial charge in [0.05, 0.1) is 18.3 Å². The second-order valence-corrected chi connectivity index (χ2v) is 5.64. The van der Waals surface area contributed by atoms with Gasteiger partial charge in [0, 0.05) is 16.7 Å². The number of hydrogen-bond donors (Lipinski definition) is 2. The Morgan fingerprint density at radius 2 is 2.09 bits per heavy atom. The molecule has 0 saturated carbocycles. The fraction of sp³-hybridized carbons (Fsp3) is 0.462. The molecule has 1 saturated heterocycles. The number of ether oxygens (including phenoxy) is 1. The van der Waals surface area contributed by atoms with Crippen molar-refractivity contribution in [3.63, 3.8) is 0 Å². The standard InChI is InChI=1S/C13H14BrF3N2O2.ClH/c1-7-11(18-2-3-21-7)12(20)19-10-5-8(13(15,16)17)4-9(14)6-10;/h4-7,11,18H,2-3H2,1H3,(H,19,20);1H/t7-,11+;/m1./s1. The zero-order chi connectivity index (χ0) is 15.6. The summed E-state index contributed by atoms with van der Waals surface area (Å²) >= 11 is 3.01. The maximum absolute atomic E-state index is 12.7. The van der Waals surface area contributed by atoms with Gasteiger partial charge in [0.2, 0.25) is 5.91 Å². The summed E-state index contributed by atoms with van der Waals surface area (Å²) in [6.45, 7) is 2.76. The van der Waals surface area contributed by atoms with Crippen LogP contribution in [0.15, 0.2) is 22.7 Å². The van der Waals surface area contributed by atoms with Crippen molar-refractivity contribution < 1.29 is 22.7 Å². The first-order valence-electron chi connectivity index (χ1n) is 6.31. The molecular weight excluding hydrogens is 389 g/mol. The van der Waals surface area contributed by atoms with Crippen LogP contribution in [0, 0.1) is 0 Å². The van der Waals surface area contributed by atoms with Crippen LogP contribution >= 0.6 is 28.3 Å². The molecule has 2 atom stereocenters. The molecule has 2 N–H and O–H groups in total. The molecule has 22 heavy (non-hydrogen) atoms. The molecule has 4 nitrogen and oxygen atoms in total. The Bertz CT molecular complexity index is 543. The third-order valence-corrected chi connectivity index (χ3v) is 3.55. The van der Waals surface area contributed by atoms with Gasteiger partial charge in [-0.05, 0) is 25.1 Å². The number of benzene rings is 1. The molecule has 0 aromatic heterocycles. The zero-order valence-electron chi connectivity index (χ0n) is 11.5. The number of alkyl halides is 3. The summed E-state index contributed by atoms with van der Waals surface area (Å²) in [6, 6.07) is 2.69. The van der Waals surface area contributed by atoms with Gasteiger partial charge in [0.25, 0.3) is 0 Å². The van der Waals surface area contributed by atoms with Crippen LogP contribution in [0.25, 0.3) is 0 Å². The Balaban J connectivity index is 0.00000242. The smallest absolute Gasteiger partial charge is 0.375 e. The minimum absolute atomic E-state index is 0. The SMILES string of the molecule is C[C@H]1OCCN[C@@H]1C(=O)Nc1cc(Br)cc(C(F)(F)F)c1.Cl. The zero-order valence-corrected chi connectivity index (χ0v) is 13.9. The topological polar surface area (TPSA) is 50.4 Å². The van der Waals surface area contributed by atoms with E-state index in [0.717, 1.165) is 12.1 Å². The minimum atomic E-state index is -4.47. The summed E-state index contributed by atoms with van der Waals surface area (Å²) in [6.07, 6.45) is -4.81. The summed E-state index contributed by atoms with van der Waals surface area (Å²) in [5, 5.41) is 5.46. The van der Waals surface area contributed by atoms with E-state index in [-0.39, 0.29) is 28.7 Å². The van der Waals surface area contributed by atoms with Crippen molar-refractivity contribution >= 4 is 39.9 Å². The van der Waals surface area contributed by atoms with E-state index in [0.29, 0.717) is 13.2 Å². The Kier molecular flexibility index (Phi) is 6.66. The first-order valence-corrected chi connectivity index (χ1v) is 7.10. The number of nitrogens with one attached hydrogen (secondary N) is 2. The monoisotopic (exact) mass is 402 g/mol. The van der Waals surface area contributed by atoms with Crippen LogP contribution in [-0.2, 0) is 15.7 Å². The van der Waals surface area contributed by atoms with Crippen molar-refractivity contribution in [2.24, 2.45) is 0 Å². The van der Waals surface area contributed by atoms with Crippen molar-refractivity contribution in [3.05, 3.63) is 28.2 Å². The minimum Gasteiger partial charge on any atom is -0.375 e. The number of halogens is 5. The van der Waals surface area contributed by atoms with E-state index in [9.17, 15) is 18.0 Å². The van der Waals surface area contributed by atoms with Crippen LogP contribution in [-0.4, -0.2) is 31.2 Å². The molecule has 0 spiro atoms. The lowest BCUT2D eigenvalue weighted by Crippen LogP contribution is -2.53. The number of hydrogen-bond acceptors (Lipinski definition) is 3. The Hall–Kier alpha value is -0.830. The molecule has 0 aliphatic carbocycles. The van der Waals surface area contributed by atoms with Gasteiger partial charge in [-0.1, -0.05) is 15.9 Å². The number of carbonyl (C=O) groups is 1. The number of anilines is 1. The van der Waals surface area contributed by atoms with Gasteiger partial charge in [0.1, 0.15) is 6.04 Å². The largest absolute Gasteiger partial charge is 0.416 e. The normalized spacial score (nSPS) is 21.9. The highest BCUT2D eigenvalue weighted by atomic mass is 79.9. The van der Waals surface area contributed by atoms with Gasteiger partial charge >= 0.3 is 6.18 Å². The van der Waals surface area contributed by atoms with Crippen LogP contribution in [0.2, 0.25) is 0 Å². The lowest BCUT2D eigenvalue weighted by molar-refractivity contribution is -0.137. The molecule has 1 heterocycles. The van der Waals surface area contributed by atoms with E-state index in [1.54, 1.807) is 6.92 Å². The highest BCUT2D eigenvalue weighted by Crippen LogP contribution is 2.33. The van der Waals surface area contributed by atoms with E-state index < -0.39 is 23.7 Å². The first kappa shape index (κ1) is 19.2. The molecule has 1 fully saturated rings.